The summed E-state index contributed by atoms with van der Waals surface area (Å²) in [6.07, 6.45) is 5.31. The monoisotopic (exact) mass is 672 g/mol. The van der Waals surface area contributed by atoms with Crippen molar-refractivity contribution in [2.24, 2.45) is 9.98 Å². The van der Waals surface area contributed by atoms with E-state index in [2.05, 4.69) is 130 Å². The highest BCUT2D eigenvalue weighted by Gasteiger charge is 2.23. The lowest BCUT2D eigenvalue weighted by atomic mass is 9.82. The summed E-state index contributed by atoms with van der Waals surface area (Å²) in [5.74, 6) is 0.750. The van der Waals surface area contributed by atoms with Crippen molar-refractivity contribution in [3.05, 3.63) is 128 Å². The van der Waals surface area contributed by atoms with Crippen molar-refractivity contribution in [3.8, 4) is 11.5 Å². The van der Waals surface area contributed by atoms with Crippen LogP contribution in [0.25, 0.3) is 0 Å². The van der Waals surface area contributed by atoms with Gasteiger partial charge in [-0.15, -0.1) is 0 Å². The number of hydrogen-bond acceptors (Lipinski definition) is 4. The number of aliphatic imine (C=N–C) groups is 2. The predicted molar refractivity (Wildman–Crippen MR) is 214 cm³/mol. The molecule has 0 aromatic heterocycles. The number of aryl methyl sites for hydroxylation is 2. The maximum absolute atomic E-state index is 11.5. The fourth-order valence-electron chi connectivity index (χ4n) is 6.83. The zero-order valence-electron chi connectivity index (χ0n) is 32.6. The molecule has 0 aliphatic carbocycles. The van der Waals surface area contributed by atoms with Crippen molar-refractivity contribution in [2.45, 2.75) is 131 Å². The highest BCUT2D eigenvalue weighted by atomic mass is 16.3. The van der Waals surface area contributed by atoms with Crippen LogP contribution in [0.15, 0.2) is 82.8 Å². The highest BCUT2D eigenvalue weighted by molar-refractivity contribution is 5.86. The first kappa shape index (κ1) is 38.6. The molecule has 2 N–H and O–H groups in total. The molecule has 4 nitrogen and oxygen atoms in total. The molecule has 266 valence electrons. The van der Waals surface area contributed by atoms with Crippen LogP contribution in [-0.2, 0) is 10.8 Å². The van der Waals surface area contributed by atoms with E-state index in [0.717, 1.165) is 35.1 Å². The lowest BCUT2D eigenvalue weighted by molar-refractivity contribution is 0.461. The normalized spacial score (nSPS) is 15.0. The molecule has 0 aliphatic heterocycles. The number of phenols is 2. The molecule has 0 saturated carbocycles. The van der Waals surface area contributed by atoms with Crippen molar-refractivity contribution in [3.63, 3.8) is 0 Å². The highest BCUT2D eigenvalue weighted by Crippen LogP contribution is 2.40. The zero-order chi connectivity index (χ0) is 37.0. The molecule has 4 rings (SSSR count). The fraction of sp³-hybridized carbons (Fsp3) is 0.435. The number of nitrogens with zero attached hydrogens (tertiary/aromatic N) is 2. The van der Waals surface area contributed by atoms with Crippen LogP contribution >= 0.6 is 0 Å². The fourth-order valence-corrected chi connectivity index (χ4v) is 6.83. The van der Waals surface area contributed by atoms with Crippen molar-refractivity contribution in [2.75, 3.05) is 0 Å². The van der Waals surface area contributed by atoms with Crippen LogP contribution in [0.1, 0.15) is 150 Å². The maximum Gasteiger partial charge on any atom is 0.128 e. The van der Waals surface area contributed by atoms with Crippen LogP contribution in [0.2, 0.25) is 0 Å². The van der Waals surface area contributed by atoms with E-state index in [1.54, 1.807) is 12.4 Å². The van der Waals surface area contributed by atoms with Gasteiger partial charge in [0.05, 0.1) is 12.1 Å². The van der Waals surface area contributed by atoms with Crippen LogP contribution in [-0.4, -0.2) is 34.7 Å². The van der Waals surface area contributed by atoms with Crippen LogP contribution in [0, 0.1) is 13.8 Å². The summed E-state index contributed by atoms with van der Waals surface area (Å²) in [6.45, 7) is 25.9. The molecule has 0 bridgehead atoms. The van der Waals surface area contributed by atoms with E-state index in [-0.39, 0.29) is 34.7 Å². The summed E-state index contributed by atoms with van der Waals surface area (Å²) in [7, 11) is 0. The third-order valence-corrected chi connectivity index (χ3v) is 10.4. The molecule has 4 aromatic carbocycles. The Kier molecular flexibility index (Phi) is 12.2. The molecule has 0 unspecified atom stereocenters. The zero-order valence-corrected chi connectivity index (χ0v) is 32.6. The first-order valence-electron chi connectivity index (χ1n) is 18.4. The minimum absolute atomic E-state index is 0.0838. The minimum Gasteiger partial charge on any atom is -0.507 e. The Morgan fingerprint density at radius 1 is 0.540 bits per heavy atom. The Balaban J connectivity index is 1.54. The first-order valence-corrected chi connectivity index (χ1v) is 18.4. The molecule has 4 aromatic rings. The van der Waals surface area contributed by atoms with Crippen molar-refractivity contribution >= 4 is 12.4 Å². The average molecular weight is 673 g/mol. The molecule has 0 aliphatic rings. The number of benzene rings is 4. The Bertz CT molecular complexity index is 1670. The smallest absolute Gasteiger partial charge is 0.128 e. The second-order valence-electron chi connectivity index (χ2n) is 16.2. The quantitative estimate of drug-likeness (QED) is 0.156. The van der Waals surface area contributed by atoms with Crippen LogP contribution in [0.5, 0.6) is 11.5 Å². The largest absolute Gasteiger partial charge is 0.507 e. The number of rotatable bonds is 11. The third kappa shape index (κ3) is 8.75. The molecule has 0 fully saturated rings. The van der Waals surface area contributed by atoms with E-state index >= 15 is 0 Å². The summed E-state index contributed by atoms with van der Waals surface area (Å²) in [5.41, 5.74) is 10.7. The van der Waals surface area contributed by atoms with Gasteiger partial charge >= 0.3 is 0 Å². The molecular weight excluding hydrogens is 613 g/mol. The van der Waals surface area contributed by atoms with E-state index in [1.807, 2.05) is 26.0 Å². The minimum atomic E-state index is -0.140. The Morgan fingerprint density at radius 3 is 1.14 bits per heavy atom. The molecule has 50 heavy (non-hydrogen) atoms. The lowest BCUT2D eigenvalue weighted by Crippen LogP contribution is -2.16. The summed E-state index contributed by atoms with van der Waals surface area (Å²) in [6, 6.07) is 25.4. The third-order valence-electron chi connectivity index (χ3n) is 10.4. The lowest BCUT2D eigenvalue weighted by Gasteiger charge is -2.23. The Hall–Kier alpha value is -4.18. The van der Waals surface area contributed by atoms with Crippen LogP contribution in [0.4, 0.5) is 0 Å². The van der Waals surface area contributed by atoms with Gasteiger partial charge in [-0.2, -0.15) is 0 Å². The Labute approximate surface area is 302 Å². The van der Waals surface area contributed by atoms with E-state index in [4.69, 9.17) is 9.98 Å². The van der Waals surface area contributed by atoms with Gasteiger partial charge in [-0.05, 0) is 96.9 Å². The Morgan fingerprint density at radius 2 is 0.860 bits per heavy atom. The first-order chi connectivity index (χ1) is 23.5. The van der Waals surface area contributed by atoms with Gasteiger partial charge in [0.25, 0.3) is 0 Å². The van der Waals surface area contributed by atoms with Gasteiger partial charge < -0.3 is 10.2 Å². The molecule has 0 heterocycles. The van der Waals surface area contributed by atoms with Gasteiger partial charge in [0.15, 0.2) is 0 Å². The summed E-state index contributed by atoms with van der Waals surface area (Å²) < 4.78 is 0. The topological polar surface area (TPSA) is 65.2 Å². The standard InChI is InChI=1S/C46H60N2O2/c1-13-39(33-19-23-37(24-20-33)45(7,8)9)41-29(3)15-17-35(43(41)49)27-47-31(5)32(6)48-28-36-18-16-30(4)42(44(36)50)40(14-2)34-21-25-38(26-22-34)46(10,11)12/h15-28,31-32,39-40,49-50H,13-14H2,1-12H3/t31-,32-,39+,40+/m0/s1. The number of hydrogen-bond donors (Lipinski definition) is 2. The average Bonchev–Trinajstić information content (AvgIpc) is 3.06. The van der Waals surface area contributed by atoms with Crippen LogP contribution < -0.4 is 0 Å². The van der Waals surface area contributed by atoms with Crippen molar-refractivity contribution in [1.82, 2.24) is 0 Å². The van der Waals surface area contributed by atoms with E-state index in [0.29, 0.717) is 22.6 Å². The van der Waals surface area contributed by atoms with Gasteiger partial charge in [0.1, 0.15) is 11.5 Å². The molecule has 0 radical (unpaired) electrons. The maximum atomic E-state index is 11.5. The molecule has 4 atom stereocenters. The van der Waals surface area contributed by atoms with E-state index in [9.17, 15) is 10.2 Å². The van der Waals surface area contributed by atoms with Gasteiger partial charge in [-0.1, -0.05) is 116 Å². The van der Waals surface area contributed by atoms with Crippen molar-refractivity contribution < 1.29 is 10.2 Å². The van der Waals surface area contributed by atoms with Gasteiger partial charge in [0.2, 0.25) is 0 Å². The predicted octanol–water partition coefficient (Wildman–Crippen LogP) is 11.7. The molecule has 0 amide bonds. The van der Waals surface area contributed by atoms with Crippen molar-refractivity contribution in [1.29, 1.82) is 0 Å². The molecule has 4 heteroatoms. The summed E-state index contributed by atoms with van der Waals surface area (Å²) in [4.78, 5) is 9.67. The van der Waals surface area contributed by atoms with E-state index in [1.165, 1.54) is 22.3 Å². The van der Waals surface area contributed by atoms with Gasteiger partial charge in [-0.3, -0.25) is 9.98 Å². The number of phenolic OH excluding ortho intramolecular Hbond substituents is 2. The molecule has 0 spiro atoms. The molecular formula is C46H60N2O2. The van der Waals surface area contributed by atoms with Gasteiger partial charge in [-0.25, -0.2) is 0 Å². The summed E-state index contributed by atoms with van der Waals surface area (Å²) in [5, 5.41) is 23.1. The summed E-state index contributed by atoms with van der Waals surface area (Å²) >= 11 is 0. The second-order valence-corrected chi connectivity index (χ2v) is 16.2. The number of aromatic hydroxyl groups is 2. The van der Waals surface area contributed by atoms with Gasteiger partial charge in [0, 0.05) is 46.5 Å². The SMILES string of the molecule is CC[C@H](c1ccc(C(C)(C)C)cc1)c1c(C)ccc(C=N[C@@H](C)[C@H](C)N=Cc2ccc(C)c([C@H](CC)c3ccc(C(C)(C)C)cc3)c2O)c1O. The second kappa shape index (κ2) is 15.8. The van der Waals surface area contributed by atoms with Crippen LogP contribution in [0.3, 0.4) is 0 Å². The van der Waals surface area contributed by atoms with E-state index < -0.39 is 0 Å². The molecule has 0 saturated heterocycles.